The van der Waals surface area contributed by atoms with Crippen molar-refractivity contribution in [2.24, 2.45) is 0 Å². The van der Waals surface area contributed by atoms with Gasteiger partial charge in [0.2, 0.25) is 0 Å². The van der Waals surface area contributed by atoms with Crippen LogP contribution in [-0.2, 0) is 4.79 Å². The number of aliphatic carboxylic acids is 1. The number of carboxylic acid groups (broad SMARTS) is 1. The molecule has 0 radical (unpaired) electrons. The van der Waals surface area contributed by atoms with Gasteiger partial charge in [0.05, 0.1) is 0 Å². The lowest BCUT2D eigenvalue weighted by Gasteiger charge is -2.50. The Morgan fingerprint density at radius 2 is 1.47 bits per heavy atom. The summed E-state index contributed by atoms with van der Waals surface area (Å²) in [7, 11) is 2.25. The minimum Gasteiger partial charge on any atom is -0.478 e. The van der Waals surface area contributed by atoms with Gasteiger partial charge in [-0.25, -0.2) is 4.79 Å². The van der Waals surface area contributed by atoms with E-state index in [1.54, 1.807) is 0 Å². The van der Waals surface area contributed by atoms with Crippen LogP contribution in [0.25, 0.3) is 0 Å². The fourth-order valence-electron chi connectivity index (χ4n) is 2.11. The Hall–Kier alpha value is -0.830. The van der Waals surface area contributed by atoms with Crippen LogP contribution in [0.4, 0.5) is 0 Å². The molecule has 0 atom stereocenters. The number of likely N-dealkylation sites (tertiary alicyclic amines) is 1. The number of hydrogen-bond acceptors (Lipinski definition) is 2. The van der Waals surface area contributed by atoms with Crippen molar-refractivity contribution in [3.8, 4) is 0 Å². The smallest absolute Gasteiger partial charge is 0.330 e. The Morgan fingerprint density at radius 1 is 1.18 bits per heavy atom. The van der Waals surface area contributed by atoms with Crippen LogP contribution in [0.2, 0.25) is 0 Å². The van der Waals surface area contributed by atoms with Gasteiger partial charge in [0.1, 0.15) is 0 Å². The molecule has 1 aliphatic heterocycles. The lowest BCUT2D eigenvalue weighted by Crippen LogP contribution is -2.56. The van der Waals surface area contributed by atoms with Crippen molar-refractivity contribution in [2.45, 2.75) is 65.0 Å². The zero-order chi connectivity index (χ0) is 13.9. The monoisotopic (exact) mass is 241 g/mol. The number of carboxylic acids is 1. The largest absolute Gasteiger partial charge is 0.478 e. The molecule has 100 valence electrons. The van der Waals surface area contributed by atoms with Gasteiger partial charge in [-0.3, -0.25) is 4.90 Å². The van der Waals surface area contributed by atoms with E-state index in [4.69, 9.17) is 5.11 Å². The molecule has 0 amide bonds. The van der Waals surface area contributed by atoms with E-state index in [0.717, 1.165) is 0 Å². The maximum absolute atomic E-state index is 9.60. The molecule has 0 bridgehead atoms. The van der Waals surface area contributed by atoms with Gasteiger partial charge in [0.15, 0.2) is 0 Å². The molecule has 1 N–H and O–H groups in total. The van der Waals surface area contributed by atoms with Crippen molar-refractivity contribution < 1.29 is 9.90 Å². The zero-order valence-electron chi connectivity index (χ0n) is 12.1. The minimum absolute atomic E-state index is 0.176. The number of carbonyl (C=O) groups is 1. The maximum Gasteiger partial charge on any atom is 0.330 e. The van der Waals surface area contributed by atoms with E-state index >= 15 is 0 Å². The number of nitrogens with zero attached hydrogens (tertiary/aromatic N) is 1. The molecule has 0 saturated carbocycles. The number of hydrogen-bond donors (Lipinski definition) is 1. The van der Waals surface area contributed by atoms with E-state index < -0.39 is 5.97 Å². The molecule has 0 spiro atoms. The molecule has 3 heteroatoms. The van der Waals surface area contributed by atoms with Crippen LogP contribution in [-0.4, -0.2) is 34.1 Å². The first-order valence-electron chi connectivity index (χ1n) is 6.13. The van der Waals surface area contributed by atoms with Crippen molar-refractivity contribution in [3.63, 3.8) is 0 Å². The second-order valence-electron chi connectivity index (χ2n) is 6.12. The SMILES string of the molecule is C=C(C)C(=O)O.CN1C(C)(C)CCCC1(C)C. The second kappa shape index (κ2) is 5.67. The van der Waals surface area contributed by atoms with Crippen LogP contribution in [0.5, 0.6) is 0 Å². The Morgan fingerprint density at radius 3 is 1.65 bits per heavy atom. The maximum atomic E-state index is 9.60. The highest BCUT2D eigenvalue weighted by atomic mass is 16.4. The fraction of sp³-hybridized carbons (Fsp3) is 0.786. The lowest BCUT2D eigenvalue weighted by atomic mass is 9.80. The molecule has 17 heavy (non-hydrogen) atoms. The quantitative estimate of drug-likeness (QED) is 0.716. The van der Waals surface area contributed by atoms with Crippen molar-refractivity contribution >= 4 is 5.97 Å². The van der Waals surface area contributed by atoms with Crippen molar-refractivity contribution in [2.75, 3.05) is 7.05 Å². The summed E-state index contributed by atoms with van der Waals surface area (Å²) in [4.78, 5) is 12.1. The molecule has 1 fully saturated rings. The Kier molecular flexibility index (Phi) is 5.40. The van der Waals surface area contributed by atoms with Gasteiger partial charge in [0, 0.05) is 16.7 Å². The molecular formula is C14H27NO2. The summed E-state index contributed by atoms with van der Waals surface area (Å²) in [6, 6.07) is 0. The Labute approximate surface area is 106 Å². The van der Waals surface area contributed by atoms with Crippen LogP contribution in [0.1, 0.15) is 53.9 Å². The highest BCUT2D eigenvalue weighted by molar-refractivity contribution is 5.84. The molecule has 0 aromatic carbocycles. The fourth-order valence-corrected chi connectivity index (χ4v) is 2.11. The van der Waals surface area contributed by atoms with Crippen molar-refractivity contribution in [1.29, 1.82) is 0 Å². The highest BCUT2D eigenvalue weighted by Crippen LogP contribution is 2.36. The average Bonchev–Trinajstić information content (AvgIpc) is 2.14. The van der Waals surface area contributed by atoms with Gasteiger partial charge in [-0.05, 0) is 60.9 Å². The molecule has 1 aliphatic rings. The Balaban J connectivity index is 0.000000366. The Bertz CT molecular complexity index is 265. The third-order valence-electron chi connectivity index (χ3n) is 3.76. The van der Waals surface area contributed by atoms with E-state index in [9.17, 15) is 4.79 Å². The lowest BCUT2D eigenvalue weighted by molar-refractivity contribution is -0.132. The van der Waals surface area contributed by atoms with Gasteiger partial charge in [0.25, 0.3) is 0 Å². The van der Waals surface area contributed by atoms with Gasteiger partial charge in [-0.15, -0.1) is 0 Å². The predicted octanol–water partition coefficient (Wildman–Crippen LogP) is 3.31. The van der Waals surface area contributed by atoms with E-state index in [0.29, 0.717) is 11.1 Å². The van der Waals surface area contributed by atoms with Crippen LogP contribution in [0.3, 0.4) is 0 Å². The normalized spacial score (nSPS) is 22.2. The molecule has 0 unspecified atom stereocenters. The van der Waals surface area contributed by atoms with Gasteiger partial charge < -0.3 is 5.11 Å². The molecule has 0 aromatic rings. The van der Waals surface area contributed by atoms with Gasteiger partial charge in [-0.1, -0.05) is 6.58 Å². The molecule has 3 nitrogen and oxygen atoms in total. The molecule has 1 saturated heterocycles. The molecule has 1 rings (SSSR count). The van der Waals surface area contributed by atoms with Crippen molar-refractivity contribution in [3.05, 3.63) is 12.2 Å². The topological polar surface area (TPSA) is 40.5 Å². The van der Waals surface area contributed by atoms with Crippen LogP contribution in [0, 0.1) is 0 Å². The first-order chi connectivity index (χ1) is 7.50. The second-order valence-corrected chi connectivity index (χ2v) is 6.12. The van der Waals surface area contributed by atoms with E-state index in [2.05, 4.69) is 46.2 Å². The third-order valence-corrected chi connectivity index (χ3v) is 3.76. The minimum atomic E-state index is -0.935. The first kappa shape index (κ1) is 16.2. The van der Waals surface area contributed by atoms with Gasteiger partial charge >= 0.3 is 5.97 Å². The highest BCUT2D eigenvalue weighted by Gasteiger charge is 2.37. The van der Waals surface area contributed by atoms with E-state index in [1.165, 1.54) is 26.2 Å². The summed E-state index contributed by atoms with van der Waals surface area (Å²) in [6.45, 7) is 14.0. The third kappa shape index (κ3) is 4.90. The predicted molar refractivity (Wildman–Crippen MR) is 72.2 cm³/mol. The molecular weight excluding hydrogens is 214 g/mol. The molecule has 1 heterocycles. The summed E-state index contributed by atoms with van der Waals surface area (Å²) in [6.07, 6.45) is 4.06. The standard InChI is InChI=1S/C10H21N.C4H6O2/c1-9(2)7-6-8-10(3,4)11(9)5;1-3(2)4(5)6/h6-8H2,1-5H3;1H2,2H3,(H,5,6). The van der Waals surface area contributed by atoms with Gasteiger partial charge in [-0.2, -0.15) is 0 Å². The summed E-state index contributed by atoms with van der Waals surface area (Å²) >= 11 is 0. The molecule has 0 aliphatic carbocycles. The van der Waals surface area contributed by atoms with E-state index in [-0.39, 0.29) is 5.57 Å². The van der Waals surface area contributed by atoms with Crippen molar-refractivity contribution in [1.82, 2.24) is 4.90 Å². The van der Waals surface area contributed by atoms with Crippen LogP contribution >= 0.6 is 0 Å². The van der Waals surface area contributed by atoms with E-state index in [1.807, 2.05) is 0 Å². The summed E-state index contributed by atoms with van der Waals surface area (Å²) in [5.74, 6) is -0.935. The summed E-state index contributed by atoms with van der Waals surface area (Å²) < 4.78 is 0. The average molecular weight is 241 g/mol. The number of piperidine rings is 1. The zero-order valence-corrected chi connectivity index (χ0v) is 12.1. The first-order valence-corrected chi connectivity index (χ1v) is 6.13. The van der Waals surface area contributed by atoms with Crippen LogP contribution < -0.4 is 0 Å². The summed E-state index contributed by atoms with van der Waals surface area (Å²) in [5.41, 5.74) is 0.985. The van der Waals surface area contributed by atoms with Crippen LogP contribution in [0.15, 0.2) is 12.2 Å². The molecule has 0 aromatic heterocycles. The number of rotatable bonds is 1. The summed E-state index contributed by atoms with van der Waals surface area (Å²) in [5, 5.41) is 7.89.